The monoisotopic (exact) mass is 351 g/mol. The van der Waals surface area contributed by atoms with E-state index in [2.05, 4.69) is 57.0 Å². The number of benzene rings is 1. The van der Waals surface area contributed by atoms with E-state index in [0.717, 1.165) is 45.2 Å². The molecule has 0 bridgehead atoms. The fraction of sp³-hybridized carbons (Fsp3) is 0.524. The summed E-state index contributed by atoms with van der Waals surface area (Å²) in [7, 11) is 4.34. The molecule has 4 rings (SSSR count). The molecule has 0 atom stereocenters. The molecule has 0 amide bonds. The molecule has 3 heterocycles. The van der Waals surface area contributed by atoms with Crippen LogP contribution in [0.4, 0.5) is 5.95 Å². The Labute approximate surface area is 156 Å². The maximum atomic E-state index is 4.60. The van der Waals surface area contributed by atoms with Gasteiger partial charge in [-0.25, -0.2) is 9.97 Å². The zero-order valence-electron chi connectivity index (χ0n) is 16.0. The molecule has 1 aromatic heterocycles. The van der Waals surface area contributed by atoms with Crippen molar-refractivity contribution >= 4 is 5.95 Å². The lowest BCUT2D eigenvalue weighted by Gasteiger charge is -2.26. The molecule has 5 nitrogen and oxygen atoms in total. The summed E-state index contributed by atoms with van der Waals surface area (Å²) in [5.74, 6) is 0.888. The van der Waals surface area contributed by atoms with Crippen LogP contribution in [0.25, 0.3) is 0 Å². The number of hydrogen-bond donors (Lipinski definition) is 0. The van der Waals surface area contributed by atoms with Crippen LogP contribution in [0.5, 0.6) is 0 Å². The number of anilines is 1. The van der Waals surface area contributed by atoms with Crippen LogP contribution in [0.2, 0.25) is 0 Å². The molecule has 1 aromatic carbocycles. The zero-order chi connectivity index (χ0) is 17.9. The Morgan fingerprint density at radius 2 is 1.62 bits per heavy atom. The van der Waals surface area contributed by atoms with Crippen molar-refractivity contribution in [3.63, 3.8) is 0 Å². The van der Waals surface area contributed by atoms with Crippen molar-refractivity contribution in [3.05, 3.63) is 52.8 Å². The molecule has 0 saturated carbocycles. The Kier molecular flexibility index (Phi) is 5.18. The number of piperidine rings is 1. The fourth-order valence-electron chi connectivity index (χ4n) is 4.08. The average molecular weight is 351 g/mol. The van der Waals surface area contributed by atoms with E-state index in [0.29, 0.717) is 0 Å². The van der Waals surface area contributed by atoms with Gasteiger partial charge in [0.25, 0.3) is 0 Å². The van der Waals surface area contributed by atoms with Crippen LogP contribution in [-0.2, 0) is 26.2 Å². The molecule has 0 N–H and O–H groups in total. The van der Waals surface area contributed by atoms with E-state index >= 15 is 0 Å². The van der Waals surface area contributed by atoms with Crippen molar-refractivity contribution < 1.29 is 0 Å². The quantitative estimate of drug-likeness (QED) is 0.827. The molecule has 0 spiro atoms. The van der Waals surface area contributed by atoms with Gasteiger partial charge >= 0.3 is 0 Å². The zero-order valence-corrected chi connectivity index (χ0v) is 16.0. The highest BCUT2D eigenvalue weighted by Gasteiger charge is 2.16. The first-order valence-electron chi connectivity index (χ1n) is 9.71. The largest absolute Gasteiger partial charge is 0.341 e. The molecule has 138 valence electrons. The third-order valence-electron chi connectivity index (χ3n) is 5.39. The summed E-state index contributed by atoms with van der Waals surface area (Å²) >= 11 is 0. The van der Waals surface area contributed by atoms with Crippen molar-refractivity contribution in [3.8, 4) is 0 Å². The minimum atomic E-state index is 0.872. The van der Waals surface area contributed by atoms with Gasteiger partial charge in [-0.05, 0) is 50.0 Å². The van der Waals surface area contributed by atoms with Gasteiger partial charge in [-0.15, -0.1) is 0 Å². The molecule has 2 aliphatic heterocycles. The second-order valence-electron chi connectivity index (χ2n) is 7.89. The second-order valence-corrected chi connectivity index (χ2v) is 7.89. The summed E-state index contributed by atoms with van der Waals surface area (Å²) in [5, 5.41) is 0. The summed E-state index contributed by atoms with van der Waals surface area (Å²) in [4.78, 5) is 16.2. The highest BCUT2D eigenvalue weighted by molar-refractivity contribution is 5.35. The Balaban J connectivity index is 1.34. The van der Waals surface area contributed by atoms with E-state index < -0.39 is 0 Å². The maximum Gasteiger partial charge on any atom is 0.225 e. The number of hydrogen-bond acceptors (Lipinski definition) is 5. The van der Waals surface area contributed by atoms with Crippen molar-refractivity contribution in [1.82, 2.24) is 19.8 Å². The summed E-state index contributed by atoms with van der Waals surface area (Å²) in [5.41, 5.74) is 5.51. The summed E-state index contributed by atoms with van der Waals surface area (Å²) in [6.07, 6.45) is 7.82. The van der Waals surface area contributed by atoms with Gasteiger partial charge in [-0.2, -0.15) is 0 Å². The third kappa shape index (κ3) is 4.05. The van der Waals surface area contributed by atoms with Gasteiger partial charge in [-0.1, -0.05) is 18.2 Å². The van der Waals surface area contributed by atoms with Gasteiger partial charge in [0, 0.05) is 57.2 Å². The number of rotatable bonds is 5. The van der Waals surface area contributed by atoms with E-state index in [-0.39, 0.29) is 0 Å². The molecule has 2 aromatic rings. The predicted molar refractivity (Wildman–Crippen MR) is 105 cm³/mol. The first-order valence-corrected chi connectivity index (χ1v) is 9.71. The summed E-state index contributed by atoms with van der Waals surface area (Å²) < 4.78 is 0. The van der Waals surface area contributed by atoms with Crippen molar-refractivity contribution in [1.29, 1.82) is 0 Å². The van der Waals surface area contributed by atoms with E-state index in [9.17, 15) is 0 Å². The van der Waals surface area contributed by atoms with Crippen LogP contribution in [0.15, 0.2) is 30.6 Å². The highest BCUT2D eigenvalue weighted by Crippen LogP contribution is 2.23. The van der Waals surface area contributed by atoms with Gasteiger partial charge in [-0.3, -0.25) is 9.80 Å². The van der Waals surface area contributed by atoms with Gasteiger partial charge in [0.1, 0.15) is 0 Å². The minimum Gasteiger partial charge on any atom is -0.341 e. The van der Waals surface area contributed by atoms with Gasteiger partial charge < -0.3 is 4.90 Å². The molecule has 5 heteroatoms. The van der Waals surface area contributed by atoms with E-state index in [1.165, 1.54) is 41.5 Å². The van der Waals surface area contributed by atoms with Crippen LogP contribution in [-0.4, -0.2) is 47.0 Å². The number of nitrogens with zero attached hydrogens (tertiary/aromatic N) is 5. The normalized spacial score (nSPS) is 17.7. The topological polar surface area (TPSA) is 35.5 Å². The second kappa shape index (κ2) is 7.72. The van der Waals surface area contributed by atoms with E-state index in [1.807, 2.05) is 12.4 Å². The molecule has 2 aliphatic rings. The van der Waals surface area contributed by atoms with E-state index in [1.54, 1.807) is 0 Å². The van der Waals surface area contributed by atoms with Crippen LogP contribution in [0.3, 0.4) is 0 Å². The van der Waals surface area contributed by atoms with Crippen LogP contribution in [0.1, 0.15) is 41.5 Å². The van der Waals surface area contributed by atoms with Gasteiger partial charge in [0.15, 0.2) is 0 Å². The molecular formula is C21H29N5. The smallest absolute Gasteiger partial charge is 0.225 e. The summed E-state index contributed by atoms with van der Waals surface area (Å²) in [6, 6.07) is 6.92. The molecule has 26 heavy (non-hydrogen) atoms. The van der Waals surface area contributed by atoms with Crippen LogP contribution in [0, 0.1) is 0 Å². The van der Waals surface area contributed by atoms with Crippen molar-refractivity contribution in [2.75, 3.05) is 32.1 Å². The minimum absolute atomic E-state index is 0.872. The van der Waals surface area contributed by atoms with Crippen LogP contribution >= 0.6 is 0 Å². The number of aromatic nitrogens is 2. The summed E-state index contributed by atoms with van der Waals surface area (Å²) in [6.45, 7) is 6.15. The van der Waals surface area contributed by atoms with Crippen molar-refractivity contribution in [2.24, 2.45) is 0 Å². The SMILES string of the molecule is CN(Cc1cnc(N2CCCCC2)nc1)Cc1ccc2c(c1)CN(C)C2. The fourth-order valence-corrected chi connectivity index (χ4v) is 4.08. The third-order valence-corrected chi connectivity index (χ3v) is 5.39. The molecule has 0 aliphatic carbocycles. The first kappa shape index (κ1) is 17.4. The number of fused-ring (bicyclic) bond motifs is 1. The molecular weight excluding hydrogens is 322 g/mol. The maximum absolute atomic E-state index is 4.60. The predicted octanol–water partition coefficient (Wildman–Crippen LogP) is 3.04. The molecule has 0 radical (unpaired) electrons. The Morgan fingerprint density at radius 3 is 2.38 bits per heavy atom. The lowest BCUT2D eigenvalue weighted by atomic mass is 10.1. The Hall–Kier alpha value is -1.98. The van der Waals surface area contributed by atoms with Gasteiger partial charge in [0.2, 0.25) is 5.95 Å². The molecule has 1 fully saturated rings. The first-order chi connectivity index (χ1) is 12.7. The van der Waals surface area contributed by atoms with Gasteiger partial charge in [0.05, 0.1) is 0 Å². The molecule has 0 unspecified atom stereocenters. The lowest BCUT2D eigenvalue weighted by molar-refractivity contribution is 0.318. The van der Waals surface area contributed by atoms with Crippen molar-refractivity contribution in [2.45, 2.75) is 45.4 Å². The Morgan fingerprint density at radius 1 is 0.923 bits per heavy atom. The van der Waals surface area contributed by atoms with Crippen LogP contribution < -0.4 is 4.90 Å². The Bertz CT molecular complexity index is 737. The van der Waals surface area contributed by atoms with E-state index in [4.69, 9.17) is 0 Å². The lowest BCUT2D eigenvalue weighted by Crippen LogP contribution is -2.31. The average Bonchev–Trinajstić information content (AvgIpc) is 3.02. The standard InChI is InChI=1S/C21H29N5/c1-24(13-17-6-7-19-15-25(2)16-20(19)10-17)14-18-11-22-21(23-12-18)26-8-4-3-5-9-26/h6-7,10-12H,3-5,8-9,13-16H2,1-2H3. The molecule has 1 saturated heterocycles. The highest BCUT2D eigenvalue weighted by atomic mass is 15.2.